The summed E-state index contributed by atoms with van der Waals surface area (Å²) in [7, 11) is 1.38. The number of esters is 2. The van der Waals surface area contributed by atoms with E-state index in [1.807, 2.05) is 56.5 Å². The van der Waals surface area contributed by atoms with E-state index in [-0.39, 0.29) is 19.0 Å². The maximum atomic E-state index is 12.4. The molecule has 3 heterocycles. The second-order valence-electron chi connectivity index (χ2n) is 11.6. The fourth-order valence-electron chi connectivity index (χ4n) is 5.04. The largest absolute Gasteiger partial charge is 0.482 e. The molecule has 1 aliphatic rings. The van der Waals surface area contributed by atoms with Crippen LogP contribution in [0.5, 0.6) is 5.75 Å². The van der Waals surface area contributed by atoms with E-state index in [0.29, 0.717) is 18.0 Å². The van der Waals surface area contributed by atoms with Gasteiger partial charge in [-0.3, -0.25) is 14.4 Å². The molecule has 9 nitrogen and oxygen atoms in total. The Kier molecular flexibility index (Phi) is 8.50. The highest BCUT2D eigenvalue weighted by Gasteiger charge is 2.32. The Labute approximate surface area is 255 Å². The quantitative estimate of drug-likeness (QED) is 0.228. The van der Waals surface area contributed by atoms with E-state index >= 15 is 0 Å². The molecule has 0 unspecified atom stereocenters. The van der Waals surface area contributed by atoms with Gasteiger partial charge in [0.1, 0.15) is 28.2 Å². The topological polar surface area (TPSA) is 105 Å². The molecule has 1 atom stereocenters. The Morgan fingerprint density at radius 2 is 1.72 bits per heavy atom. The molecular weight excluding hydrogens is 564 g/mol. The molecule has 43 heavy (non-hydrogen) atoms. The maximum Gasteiger partial charge on any atom is 0.344 e. The monoisotopic (exact) mass is 600 g/mol. The van der Waals surface area contributed by atoms with Crippen molar-refractivity contribution in [2.24, 2.45) is 4.99 Å². The predicted octanol–water partition coefficient (Wildman–Crippen LogP) is 6.02. The van der Waals surface area contributed by atoms with Gasteiger partial charge in [-0.2, -0.15) is 0 Å². The lowest BCUT2D eigenvalue weighted by Gasteiger charge is -2.19. The highest BCUT2D eigenvalue weighted by Crippen LogP contribution is 2.39. The summed E-state index contributed by atoms with van der Waals surface area (Å²) in [5.41, 5.74) is 5.55. The van der Waals surface area contributed by atoms with Crippen LogP contribution in [0.2, 0.25) is 0 Å². The van der Waals surface area contributed by atoms with Crippen molar-refractivity contribution < 1.29 is 23.8 Å². The summed E-state index contributed by atoms with van der Waals surface area (Å²) in [6.07, 6.45) is 0.749. The highest BCUT2D eigenvalue weighted by atomic mass is 32.1. The molecule has 1 aliphatic heterocycles. The Hall–Kier alpha value is -4.31. The SMILES string of the molecule is COC(=O)C[C@@H]1N=C(c2ccc(Cc3cccc(OCC(=O)OC(C)(C)C)c3)cc2)c2c(sc(C)c2C)-n2c(C)nnc21. The van der Waals surface area contributed by atoms with Gasteiger partial charge in [0.25, 0.3) is 0 Å². The van der Waals surface area contributed by atoms with Gasteiger partial charge in [0.15, 0.2) is 12.4 Å². The smallest absolute Gasteiger partial charge is 0.344 e. The Balaban J connectivity index is 1.41. The average molecular weight is 601 g/mol. The molecule has 0 saturated carbocycles. The number of hydrogen-bond donors (Lipinski definition) is 0. The summed E-state index contributed by atoms with van der Waals surface area (Å²) in [4.78, 5) is 30.8. The molecular formula is C33H36N4O5S. The van der Waals surface area contributed by atoms with Crippen molar-refractivity contribution in [3.63, 3.8) is 0 Å². The number of aliphatic imine (C=N–C) groups is 1. The zero-order chi connectivity index (χ0) is 30.9. The fraction of sp³-hybridized carbons (Fsp3) is 0.364. The summed E-state index contributed by atoms with van der Waals surface area (Å²) >= 11 is 1.68. The lowest BCUT2D eigenvalue weighted by molar-refractivity contribution is -0.157. The van der Waals surface area contributed by atoms with Gasteiger partial charge in [0.05, 0.1) is 19.2 Å². The lowest BCUT2D eigenvalue weighted by Crippen LogP contribution is -2.27. The summed E-state index contributed by atoms with van der Waals surface area (Å²) in [6, 6.07) is 15.5. The van der Waals surface area contributed by atoms with Crippen molar-refractivity contribution in [2.75, 3.05) is 13.7 Å². The second kappa shape index (κ2) is 12.1. The first-order valence-corrected chi connectivity index (χ1v) is 15.0. The van der Waals surface area contributed by atoms with Gasteiger partial charge >= 0.3 is 11.9 Å². The number of ether oxygens (including phenoxy) is 3. The minimum absolute atomic E-state index is 0.0650. The Morgan fingerprint density at radius 3 is 2.42 bits per heavy atom. The fourth-order valence-corrected chi connectivity index (χ4v) is 6.25. The standard InChI is InChI=1S/C33H36N4O5S/c1-19-20(2)43-32-29(19)30(34-26(17-27(38)40-7)31-36-35-21(3)37(31)32)24-13-11-22(12-14-24)15-23-9-8-10-25(16-23)41-18-28(39)42-33(4,5)6/h8-14,16,26H,15,17-18H2,1-7H3/t26-/m0/s1. The maximum absolute atomic E-state index is 12.4. The van der Waals surface area contributed by atoms with Gasteiger partial charge in [-0.25, -0.2) is 4.79 Å². The molecule has 0 spiro atoms. The summed E-state index contributed by atoms with van der Waals surface area (Å²) < 4.78 is 18.0. The predicted molar refractivity (Wildman–Crippen MR) is 165 cm³/mol. The van der Waals surface area contributed by atoms with Gasteiger partial charge in [-0.15, -0.1) is 21.5 Å². The van der Waals surface area contributed by atoms with E-state index in [9.17, 15) is 9.59 Å². The highest BCUT2D eigenvalue weighted by molar-refractivity contribution is 7.15. The number of fused-ring (bicyclic) bond motifs is 3. The minimum Gasteiger partial charge on any atom is -0.482 e. The van der Waals surface area contributed by atoms with Crippen LogP contribution in [0.15, 0.2) is 53.5 Å². The molecule has 0 amide bonds. The van der Waals surface area contributed by atoms with Crippen LogP contribution in [0.3, 0.4) is 0 Å². The first-order chi connectivity index (χ1) is 20.4. The number of benzene rings is 2. The van der Waals surface area contributed by atoms with Crippen molar-refractivity contribution in [3.05, 3.63) is 92.9 Å². The van der Waals surface area contributed by atoms with Crippen LogP contribution in [-0.4, -0.2) is 51.7 Å². The third kappa shape index (κ3) is 6.69. The first-order valence-electron chi connectivity index (χ1n) is 14.1. The number of thiophene rings is 1. The van der Waals surface area contributed by atoms with Crippen LogP contribution in [0.1, 0.15) is 77.6 Å². The van der Waals surface area contributed by atoms with Crippen molar-refractivity contribution in [3.8, 4) is 10.8 Å². The summed E-state index contributed by atoms with van der Waals surface area (Å²) in [5.74, 6) is 1.23. The molecule has 0 aliphatic carbocycles. The van der Waals surface area contributed by atoms with Crippen LogP contribution in [0, 0.1) is 20.8 Å². The van der Waals surface area contributed by atoms with Crippen LogP contribution in [0.25, 0.3) is 5.00 Å². The van der Waals surface area contributed by atoms with E-state index in [2.05, 4.69) is 48.3 Å². The van der Waals surface area contributed by atoms with Crippen LogP contribution in [0.4, 0.5) is 0 Å². The van der Waals surface area contributed by atoms with Gasteiger partial charge in [0.2, 0.25) is 0 Å². The number of aryl methyl sites for hydroxylation is 2. The number of methoxy groups -OCH3 is 1. The van der Waals surface area contributed by atoms with Gasteiger partial charge in [0, 0.05) is 16.0 Å². The molecule has 0 saturated heterocycles. The van der Waals surface area contributed by atoms with Gasteiger partial charge in [-0.05, 0) is 76.8 Å². The van der Waals surface area contributed by atoms with E-state index in [1.54, 1.807) is 11.3 Å². The Bertz CT molecular complexity index is 1700. The number of carbonyl (C=O) groups is 2. The van der Waals surface area contributed by atoms with Crippen molar-refractivity contribution >= 4 is 29.0 Å². The zero-order valence-electron chi connectivity index (χ0n) is 25.6. The second-order valence-corrected chi connectivity index (χ2v) is 12.8. The molecule has 4 aromatic rings. The number of hydrogen-bond acceptors (Lipinski definition) is 9. The zero-order valence-corrected chi connectivity index (χ0v) is 26.4. The van der Waals surface area contributed by atoms with E-state index in [4.69, 9.17) is 19.2 Å². The van der Waals surface area contributed by atoms with Crippen LogP contribution < -0.4 is 4.74 Å². The normalized spacial score (nSPS) is 14.3. The summed E-state index contributed by atoms with van der Waals surface area (Å²) in [5, 5.41) is 9.75. The molecule has 5 rings (SSSR count). The molecule has 0 N–H and O–H groups in total. The van der Waals surface area contributed by atoms with Gasteiger partial charge < -0.3 is 14.2 Å². The molecule has 2 aromatic heterocycles. The number of carbonyl (C=O) groups excluding carboxylic acids is 2. The third-order valence-corrected chi connectivity index (χ3v) is 8.33. The van der Waals surface area contributed by atoms with Crippen LogP contribution in [-0.2, 0) is 25.5 Å². The van der Waals surface area contributed by atoms with Crippen molar-refractivity contribution in [1.82, 2.24) is 14.8 Å². The molecule has 224 valence electrons. The number of nitrogens with zero attached hydrogens (tertiary/aromatic N) is 4. The summed E-state index contributed by atoms with van der Waals surface area (Å²) in [6.45, 7) is 11.5. The number of rotatable bonds is 8. The number of aromatic nitrogens is 3. The molecule has 10 heteroatoms. The third-order valence-electron chi connectivity index (χ3n) is 7.14. The van der Waals surface area contributed by atoms with Crippen molar-refractivity contribution in [2.45, 2.75) is 66.0 Å². The van der Waals surface area contributed by atoms with Crippen LogP contribution >= 0.6 is 11.3 Å². The Morgan fingerprint density at radius 1 is 0.977 bits per heavy atom. The van der Waals surface area contributed by atoms with E-state index < -0.39 is 17.6 Å². The van der Waals surface area contributed by atoms with E-state index in [0.717, 1.165) is 44.4 Å². The van der Waals surface area contributed by atoms with E-state index in [1.165, 1.54) is 12.0 Å². The molecule has 0 radical (unpaired) electrons. The molecule has 0 bridgehead atoms. The lowest BCUT2D eigenvalue weighted by atomic mass is 9.97. The average Bonchev–Trinajstić information content (AvgIpc) is 3.43. The van der Waals surface area contributed by atoms with Gasteiger partial charge in [-0.1, -0.05) is 36.4 Å². The minimum atomic E-state index is -0.556. The molecule has 0 fully saturated rings. The molecule has 2 aromatic carbocycles. The van der Waals surface area contributed by atoms with Crippen molar-refractivity contribution in [1.29, 1.82) is 0 Å². The first kappa shape index (κ1) is 30.2.